The van der Waals surface area contributed by atoms with E-state index < -0.39 is 27.7 Å². The highest BCUT2D eigenvalue weighted by atomic mass is 32.2. The molecule has 2 rings (SSSR count). The van der Waals surface area contributed by atoms with Gasteiger partial charge in [-0.15, -0.1) is 0 Å². The maximum Gasteiger partial charge on any atom is 0.241 e. The van der Waals surface area contributed by atoms with Crippen molar-refractivity contribution in [3.05, 3.63) is 47.3 Å². The first-order valence-corrected chi connectivity index (χ1v) is 7.66. The first-order valence-electron chi connectivity index (χ1n) is 6.18. The van der Waals surface area contributed by atoms with Gasteiger partial charge in [0.25, 0.3) is 0 Å². The molecule has 0 bridgehead atoms. The van der Waals surface area contributed by atoms with Crippen LogP contribution >= 0.6 is 0 Å². The number of aryl methyl sites for hydroxylation is 1. The van der Waals surface area contributed by atoms with Crippen molar-refractivity contribution in [3.63, 3.8) is 0 Å². The van der Waals surface area contributed by atoms with Gasteiger partial charge in [-0.2, -0.15) is 5.10 Å². The first-order chi connectivity index (χ1) is 9.72. The summed E-state index contributed by atoms with van der Waals surface area (Å²) < 4.78 is 54.4. The molecule has 1 aromatic heterocycles. The second kappa shape index (κ2) is 5.53. The van der Waals surface area contributed by atoms with Crippen molar-refractivity contribution >= 4 is 10.0 Å². The third-order valence-corrected chi connectivity index (χ3v) is 4.81. The largest absolute Gasteiger partial charge is 0.273 e. The van der Waals surface area contributed by atoms with Gasteiger partial charge >= 0.3 is 0 Å². The Morgan fingerprint density at radius 2 is 1.95 bits per heavy atom. The first kappa shape index (κ1) is 15.6. The molecule has 0 saturated carbocycles. The van der Waals surface area contributed by atoms with Gasteiger partial charge in [0.05, 0.1) is 11.1 Å². The number of hydrogen-bond acceptors (Lipinski definition) is 3. The Hall–Kier alpha value is -1.80. The molecule has 8 heteroatoms. The summed E-state index contributed by atoms with van der Waals surface area (Å²) in [7, 11) is -2.20. The second-order valence-electron chi connectivity index (χ2n) is 4.73. The van der Waals surface area contributed by atoms with E-state index in [4.69, 9.17) is 0 Å². The van der Waals surface area contributed by atoms with E-state index in [0.717, 1.165) is 17.8 Å². The van der Waals surface area contributed by atoms with Crippen LogP contribution in [0.15, 0.2) is 29.3 Å². The number of benzene rings is 1. The predicted octanol–water partition coefficient (Wildman–Crippen LogP) is 2.05. The van der Waals surface area contributed by atoms with Crippen molar-refractivity contribution in [1.29, 1.82) is 0 Å². The van der Waals surface area contributed by atoms with Gasteiger partial charge in [-0.1, -0.05) is 0 Å². The van der Waals surface area contributed by atoms with Gasteiger partial charge < -0.3 is 0 Å². The monoisotopic (exact) mass is 315 g/mol. The average Bonchev–Trinajstić information content (AvgIpc) is 2.72. The zero-order valence-electron chi connectivity index (χ0n) is 11.8. The number of sulfonamides is 1. The van der Waals surface area contributed by atoms with Crippen LogP contribution in [-0.4, -0.2) is 18.2 Å². The number of aromatic nitrogens is 2. The van der Waals surface area contributed by atoms with Crippen molar-refractivity contribution in [3.8, 4) is 0 Å². The molecule has 2 aromatic rings. The third kappa shape index (κ3) is 3.11. The Bertz CT molecular complexity index is 772. The molecule has 1 unspecified atom stereocenters. The maximum atomic E-state index is 13.2. The summed E-state index contributed by atoms with van der Waals surface area (Å²) in [5, 5.41) is 4.04. The van der Waals surface area contributed by atoms with Gasteiger partial charge in [-0.3, -0.25) is 4.68 Å². The molecule has 0 aliphatic carbocycles. The predicted molar refractivity (Wildman–Crippen MR) is 73.0 cm³/mol. The molecule has 1 aromatic carbocycles. The molecule has 114 valence electrons. The van der Waals surface area contributed by atoms with Crippen molar-refractivity contribution in [2.45, 2.75) is 24.8 Å². The summed E-state index contributed by atoms with van der Waals surface area (Å²) in [5.41, 5.74) is 1.53. The van der Waals surface area contributed by atoms with Gasteiger partial charge in [0.1, 0.15) is 0 Å². The minimum absolute atomic E-state index is 0.324. The normalized spacial score (nSPS) is 13.4. The van der Waals surface area contributed by atoms with E-state index >= 15 is 0 Å². The summed E-state index contributed by atoms with van der Waals surface area (Å²) in [6.45, 7) is 3.46. The van der Waals surface area contributed by atoms with Crippen molar-refractivity contribution < 1.29 is 17.2 Å². The lowest BCUT2D eigenvalue weighted by atomic mass is 10.1. The lowest BCUT2D eigenvalue weighted by Gasteiger charge is -2.14. The molecule has 0 spiro atoms. The minimum Gasteiger partial charge on any atom is -0.273 e. The smallest absolute Gasteiger partial charge is 0.241 e. The van der Waals surface area contributed by atoms with E-state index in [0.29, 0.717) is 11.6 Å². The van der Waals surface area contributed by atoms with Crippen LogP contribution in [0.4, 0.5) is 8.78 Å². The van der Waals surface area contributed by atoms with Gasteiger partial charge in [-0.05, 0) is 32.0 Å². The molecule has 0 aliphatic heterocycles. The quantitative estimate of drug-likeness (QED) is 0.939. The van der Waals surface area contributed by atoms with Crippen LogP contribution in [0.3, 0.4) is 0 Å². The number of halogens is 2. The van der Waals surface area contributed by atoms with E-state index in [1.165, 1.54) is 0 Å². The van der Waals surface area contributed by atoms with E-state index in [1.54, 1.807) is 24.9 Å². The number of nitrogens with one attached hydrogen (secondary N) is 1. The Morgan fingerprint density at radius 3 is 2.48 bits per heavy atom. The highest BCUT2D eigenvalue weighted by Crippen LogP contribution is 2.20. The average molecular weight is 315 g/mol. The van der Waals surface area contributed by atoms with E-state index in [1.807, 2.05) is 6.92 Å². The Morgan fingerprint density at radius 1 is 1.29 bits per heavy atom. The lowest BCUT2D eigenvalue weighted by Crippen LogP contribution is -2.27. The second-order valence-corrected chi connectivity index (χ2v) is 6.44. The molecule has 0 fully saturated rings. The van der Waals surface area contributed by atoms with Crippen molar-refractivity contribution in [2.24, 2.45) is 7.05 Å². The molecule has 0 aliphatic rings. The fourth-order valence-electron chi connectivity index (χ4n) is 1.95. The lowest BCUT2D eigenvalue weighted by molar-refractivity contribution is 0.503. The SMILES string of the molecule is Cc1c(C(C)NS(=O)(=O)c2ccc(F)c(F)c2)cnn1C. The summed E-state index contributed by atoms with van der Waals surface area (Å²) in [5.74, 6) is -2.30. The zero-order chi connectivity index (χ0) is 15.8. The van der Waals surface area contributed by atoms with Crippen LogP contribution < -0.4 is 4.72 Å². The summed E-state index contributed by atoms with van der Waals surface area (Å²) in [6.07, 6.45) is 1.56. The van der Waals surface area contributed by atoms with Gasteiger partial charge in [0.2, 0.25) is 10.0 Å². The zero-order valence-corrected chi connectivity index (χ0v) is 12.6. The Kier molecular flexibility index (Phi) is 4.11. The van der Waals surface area contributed by atoms with E-state index in [9.17, 15) is 17.2 Å². The molecular weight excluding hydrogens is 300 g/mol. The summed E-state index contributed by atoms with van der Waals surface area (Å²) in [6, 6.07) is 1.91. The van der Waals surface area contributed by atoms with Gasteiger partial charge in [-0.25, -0.2) is 21.9 Å². The Balaban J connectivity index is 2.28. The van der Waals surface area contributed by atoms with E-state index in [-0.39, 0.29) is 4.90 Å². The molecule has 21 heavy (non-hydrogen) atoms. The minimum atomic E-state index is -3.95. The maximum absolute atomic E-state index is 13.2. The molecule has 0 amide bonds. The molecular formula is C13H15F2N3O2S. The van der Waals surface area contributed by atoms with Crippen LogP contribution in [0.1, 0.15) is 24.2 Å². The fourth-order valence-corrected chi connectivity index (χ4v) is 3.18. The van der Waals surface area contributed by atoms with E-state index in [2.05, 4.69) is 9.82 Å². The third-order valence-electron chi connectivity index (χ3n) is 3.27. The van der Waals surface area contributed by atoms with Crippen LogP contribution in [0, 0.1) is 18.6 Å². The molecule has 1 atom stereocenters. The van der Waals surface area contributed by atoms with Crippen molar-refractivity contribution in [1.82, 2.24) is 14.5 Å². The number of nitrogens with zero attached hydrogens (tertiary/aromatic N) is 2. The highest BCUT2D eigenvalue weighted by Gasteiger charge is 2.22. The number of rotatable bonds is 4. The molecule has 0 saturated heterocycles. The standard InChI is InChI=1S/C13H15F2N3O2S/c1-8(11-7-16-18(3)9(11)2)17-21(19,20)10-4-5-12(14)13(15)6-10/h4-8,17H,1-3H3. The highest BCUT2D eigenvalue weighted by molar-refractivity contribution is 7.89. The summed E-state index contributed by atoms with van der Waals surface area (Å²) in [4.78, 5) is -0.324. The molecule has 0 radical (unpaired) electrons. The fraction of sp³-hybridized carbons (Fsp3) is 0.308. The van der Waals surface area contributed by atoms with Gasteiger partial charge in [0.15, 0.2) is 11.6 Å². The van der Waals surface area contributed by atoms with Crippen LogP contribution in [0.25, 0.3) is 0 Å². The number of hydrogen-bond donors (Lipinski definition) is 1. The van der Waals surface area contributed by atoms with Crippen LogP contribution in [0.5, 0.6) is 0 Å². The van der Waals surface area contributed by atoms with Gasteiger partial charge in [0, 0.05) is 24.3 Å². The van der Waals surface area contributed by atoms with Crippen molar-refractivity contribution in [2.75, 3.05) is 0 Å². The van der Waals surface area contributed by atoms with Crippen LogP contribution in [0.2, 0.25) is 0 Å². The van der Waals surface area contributed by atoms with Crippen LogP contribution in [-0.2, 0) is 17.1 Å². The summed E-state index contributed by atoms with van der Waals surface area (Å²) >= 11 is 0. The molecule has 1 heterocycles. The molecule has 1 N–H and O–H groups in total. The topological polar surface area (TPSA) is 64.0 Å². The Labute approximate surface area is 121 Å². The molecule has 5 nitrogen and oxygen atoms in total.